The van der Waals surface area contributed by atoms with Gasteiger partial charge in [-0.25, -0.2) is 0 Å². The molecule has 11 heavy (non-hydrogen) atoms. The summed E-state index contributed by atoms with van der Waals surface area (Å²) in [6.07, 6.45) is 5.24. The minimum atomic E-state index is 0.0897. The molecule has 0 N–H and O–H groups in total. The van der Waals surface area contributed by atoms with Gasteiger partial charge in [-0.05, 0) is 31.6 Å². The fraction of sp³-hybridized carbons (Fsp3) is 1.00. The summed E-state index contributed by atoms with van der Waals surface area (Å²) in [6, 6.07) is 0. The number of alkyl halides is 1. The van der Waals surface area contributed by atoms with E-state index in [9.17, 15) is 0 Å². The van der Waals surface area contributed by atoms with Crippen LogP contribution in [0.5, 0.6) is 0 Å². The zero-order valence-corrected chi connectivity index (χ0v) is 8.62. The molecule has 0 saturated heterocycles. The van der Waals surface area contributed by atoms with Crippen LogP contribution >= 0.6 is 11.6 Å². The summed E-state index contributed by atoms with van der Waals surface area (Å²) in [7, 11) is 0. The summed E-state index contributed by atoms with van der Waals surface area (Å²) in [5, 5.41) is 0. The zero-order chi connectivity index (χ0) is 8.48. The first-order valence-corrected chi connectivity index (χ1v) is 5.11. The third-order valence-electron chi connectivity index (χ3n) is 3.01. The van der Waals surface area contributed by atoms with Crippen molar-refractivity contribution >= 4 is 11.6 Å². The molecule has 1 saturated carbocycles. The lowest BCUT2D eigenvalue weighted by atomic mass is 9.74. The highest BCUT2D eigenvalue weighted by atomic mass is 35.5. The first-order valence-electron chi connectivity index (χ1n) is 4.73. The lowest BCUT2D eigenvalue weighted by Gasteiger charge is -2.39. The van der Waals surface area contributed by atoms with E-state index in [2.05, 4.69) is 20.8 Å². The van der Waals surface area contributed by atoms with Gasteiger partial charge in [0.05, 0.1) is 0 Å². The predicted molar refractivity (Wildman–Crippen MR) is 51.1 cm³/mol. The summed E-state index contributed by atoms with van der Waals surface area (Å²) in [5.74, 6) is 1.48. The highest BCUT2D eigenvalue weighted by Crippen LogP contribution is 2.42. The number of hydrogen-bond acceptors (Lipinski definition) is 0. The van der Waals surface area contributed by atoms with Gasteiger partial charge in [-0.15, -0.1) is 11.6 Å². The van der Waals surface area contributed by atoms with E-state index in [0.717, 1.165) is 11.8 Å². The van der Waals surface area contributed by atoms with E-state index in [0.29, 0.717) is 0 Å². The molecule has 1 fully saturated rings. The second kappa shape index (κ2) is 3.35. The Morgan fingerprint density at radius 2 is 2.00 bits per heavy atom. The van der Waals surface area contributed by atoms with Gasteiger partial charge in [-0.3, -0.25) is 0 Å². The van der Waals surface area contributed by atoms with Crippen LogP contribution in [0.1, 0.15) is 46.5 Å². The molecular formula is C10H19Cl. The van der Waals surface area contributed by atoms with Crippen LogP contribution in [-0.4, -0.2) is 4.87 Å². The summed E-state index contributed by atoms with van der Waals surface area (Å²) in [6.45, 7) is 6.78. The van der Waals surface area contributed by atoms with Crippen molar-refractivity contribution in [2.45, 2.75) is 51.3 Å². The molecule has 2 atom stereocenters. The van der Waals surface area contributed by atoms with Crippen LogP contribution in [-0.2, 0) is 0 Å². The van der Waals surface area contributed by atoms with Crippen molar-refractivity contribution in [1.82, 2.24) is 0 Å². The number of halogens is 1. The van der Waals surface area contributed by atoms with Gasteiger partial charge in [0.2, 0.25) is 0 Å². The Bertz CT molecular complexity index is 127. The lowest BCUT2D eigenvalue weighted by Crippen LogP contribution is -2.35. The molecule has 0 aliphatic heterocycles. The monoisotopic (exact) mass is 174 g/mol. The van der Waals surface area contributed by atoms with Crippen LogP contribution in [0.15, 0.2) is 0 Å². The van der Waals surface area contributed by atoms with E-state index in [4.69, 9.17) is 11.6 Å². The quantitative estimate of drug-likeness (QED) is 0.530. The Kier molecular flexibility index (Phi) is 2.85. The van der Waals surface area contributed by atoms with Crippen molar-refractivity contribution in [3.8, 4) is 0 Å². The lowest BCUT2D eigenvalue weighted by molar-refractivity contribution is 0.219. The second-order valence-electron chi connectivity index (χ2n) is 4.37. The third-order valence-corrected chi connectivity index (χ3v) is 3.48. The average Bonchev–Trinajstić information content (AvgIpc) is 1.85. The molecular weight excluding hydrogens is 156 g/mol. The van der Waals surface area contributed by atoms with E-state index < -0.39 is 0 Å². The Hall–Kier alpha value is 0.290. The van der Waals surface area contributed by atoms with Crippen LogP contribution in [0.25, 0.3) is 0 Å². The number of hydrogen-bond donors (Lipinski definition) is 0. The first kappa shape index (κ1) is 9.38. The maximum atomic E-state index is 6.43. The molecule has 1 aliphatic rings. The van der Waals surface area contributed by atoms with Crippen molar-refractivity contribution in [2.75, 3.05) is 0 Å². The Morgan fingerprint density at radius 3 is 2.36 bits per heavy atom. The Balaban J connectivity index is 2.60. The zero-order valence-electron chi connectivity index (χ0n) is 7.86. The predicted octanol–water partition coefficient (Wildman–Crippen LogP) is 3.83. The van der Waals surface area contributed by atoms with Crippen LogP contribution < -0.4 is 0 Å². The molecule has 0 amide bonds. The summed E-state index contributed by atoms with van der Waals surface area (Å²) in [5.41, 5.74) is 0. The largest absolute Gasteiger partial charge is 0.119 e. The molecule has 0 radical (unpaired) electrons. The molecule has 1 heteroatoms. The van der Waals surface area contributed by atoms with Gasteiger partial charge in [0.15, 0.2) is 0 Å². The van der Waals surface area contributed by atoms with Crippen LogP contribution in [0, 0.1) is 11.8 Å². The Labute approximate surface area is 75.3 Å². The molecule has 0 aromatic heterocycles. The Morgan fingerprint density at radius 1 is 1.36 bits per heavy atom. The van der Waals surface area contributed by atoms with Crippen molar-refractivity contribution in [1.29, 1.82) is 0 Å². The van der Waals surface area contributed by atoms with Gasteiger partial charge >= 0.3 is 0 Å². The van der Waals surface area contributed by atoms with Gasteiger partial charge < -0.3 is 0 Å². The maximum absolute atomic E-state index is 6.43. The minimum Gasteiger partial charge on any atom is -0.119 e. The molecule has 0 aromatic carbocycles. The van der Waals surface area contributed by atoms with Crippen LogP contribution in [0.4, 0.5) is 0 Å². The van der Waals surface area contributed by atoms with Crippen molar-refractivity contribution in [3.63, 3.8) is 0 Å². The molecule has 0 nitrogen and oxygen atoms in total. The van der Waals surface area contributed by atoms with Gasteiger partial charge in [0.25, 0.3) is 0 Å². The molecule has 0 bridgehead atoms. The molecule has 0 heterocycles. The minimum absolute atomic E-state index is 0.0897. The van der Waals surface area contributed by atoms with Gasteiger partial charge in [0.1, 0.15) is 0 Å². The third kappa shape index (κ3) is 2.11. The first-order chi connectivity index (χ1) is 5.04. The molecule has 66 valence electrons. The topological polar surface area (TPSA) is 0 Å². The van der Waals surface area contributed by atoms with E-state index >= 15 is 0 Å². The average molecular weight is 175 g/mol. The standard InChI is InChI=1S/C10H19Cl/c1-8(2)9-6-4-5-7-10(9,3)11/h8-9H,4-7H2,1-3H3. The fourth-order valence-electron chi connectivity index (χ4n) is 2.35. The second-order valence-corrected chi connectivity index (χ2v) is 5.24. The molecule has 0 spiro atoms. The maximum Gasteiger partial charge on any atom is 0.0449 e. The van der Waals surface area contributed by atoms with Crippen molar-refractivity contribution < 1.29 is 0 Å². The fourth-order valence-corrected chi connectivity index (χ4v) is 2.84. The van der Waals surface area contributed by atoms with Gasteiger partial charge in [0, 0.05) is 4.87 Å². The normalized spacial score (nSPS) is 39.5. The smallest absolute Gasteiger partial charge is 0.0449 e. The van der Waals surface area contributed by atoms with Crippen molar-refractivity contribution in [3.05, 3.63) is 0 Å². The van der Waals surface area contributed by atoms with Gasteiger partial charge in [-0.1, -0.05) is 26.7 Å². The van der Waals surface area contributed by atoms with Crippen molar-refractivity contribution in [2.24, 2.45) is 11.8 Å². The summed E-state index contributed by atoms with van der Waals surface area (Å²) >= 11 is 6.43. The SMILES string of the molecule is CC(C)C1CCCCC1(C)Cl. The molecule has 1 aliphatic carbocycles. The van der Waals surface area contributed by atoms with E-state index in [1.807, 2.05) is 0 Å². The molecule has 1 rings (SSSR count). The summed E-state index contributed by atoms with van der Waals surface area (Å²) < 4.78 is 0. The summed E-state index contributed by atoms with van der Waals surface area (Å²) in [4.78, 5) is 0.0897. The highest BCUT2D eigenvalue weighted by Gasteiger charge is 2.35. The van der Waals surface area contributed by atoms with Gasteiger partial charge in [-0.2, -0.15) is 0 Å². The number of rotatable bonds is 1. The molecule has 0 aromatic rings. The highest BCUT2D eigenvalue weighted by molar-refractivity contribution is 6.23. The van der Waals surface area contributed by atoms with E-state index in [1.165, 1.54) is 25.7 Å². The van der Waals surface area contributed by atoms with E-state index in [1.54, 1.807) is 0 Å². The molecule has 2 unspecified atom stereocenters. The van der Waals surface area contributed by atoms with Crippen LogP contribution in [0.2, 0.25) is 0 Å². The van der Waals surface area contributed by atoms with Crippen LogP contribution in [0.3, 0.4) is 0 Å². The van der Waals surface area contributed by atoms with E-state index in [-0.39, 0.29) is 4.87 Å².